The maximum Gasteiger partial charge on any atom is 0.329 e. The van der Waals surface area contributed by atoms with E-state index < -0.39 is 0 Å². The molecule has 0 spiro atoms. The molecule has 4 nitrogen and oxygen atoms in total. The highest BCUT2D eigenvalue weighted by molar-refractivity contribution is 5.90. The molecule has 0 aliphatic carbocycles. The van der Waals surface area contributed by atoms with E-state index in [0.29, 0.717) is 13.0 Å². The van der Waals surface area contributed by atoms with Crippen molar-refractivity contribution in [3.05, 3.63) is 12.3 Å². The smallest absolute Gasteiger partial charge is 0.329 e. The van der Waals surface area contributed by atoms with Crippen molar-refractivity contribution in [1.29, 1.82) is 0 Å². The molecule has 0 bridgehead atoms. The third-order valence-corrected chi connectivity index (χ3v) is 1.25. The Morgan fingerprint density at radius 1 is 1.73 bits per heavy atom. The van der Waals surface area contributed by atoms with E-state index in [1.165, 1.54) is 24.3 Å². The van der Waals surface area contributed by atoms with Crippen LogP contribution in [0, 0.1) is 0 Å². The molecule has 0 amide bonds. The monoisotopic (exact) mass is 155 g/mol. The second-order valence-electron chi connectivity index (χ2n) is 2.26. The van der Waals surface area contributed by atoms with Crippen LogP contribution in [0.4, 0.5) is 0 Å². The van der Waals surface area contributed by atoms with E-state index in [1.807, 2.05) is 0 Å². The largest absolute Gasteiger partial charge is 0.342 e. The van der Waals surface area contributed by atoms with Gasteiger partial charge in [-0.25, -0.2) is 5.06 Å². The van der Waals surface area contributed by atoms with Gasteiger partial charge in [0.1, 0.15) is 0 Å². The molecule has 1 aliphatic heterocycles. The van der Waals surface area contributed by atoms with E-state index >= 15 is 0 Å². The standard InChI is InChI=1S/C7H9NO3/c1-6(9)11-8-4-2-7(10)3-5-8/h2,4H,3,5H2,1H3. The number of carbonyl (C=O) groups excluding carboxylic acids is 2. The van der Waals surface area contributed by atoms with Crippen LogP contribution in [0.15, 0.2) is 12.3 Å². The SMILES string of the molecule is CC(=O)ON1C=CC(=O)CC1. The van der Waals surface area contributed by atoms with Crippen LogP contribution in [-0.4, -0.2) is 23.4 Å². The Labute approximate surface area is 64.4 Å². The van der Waals surface area contributed by atoms with Crippen molar-refractivity contribution in [2.75, 3.05) is 6.54 Å². The Kier molecular flexibility index (Phi) is 2.25. The average molecular weight is 155 g/mol. The number of allylic oxidation sites excluding steroid dienone is 1. The molecule has 1 aliphatic rings. The van der Waals surface area contributed by atoms with E-state index in [4.69, 9.17) is 4.84 Å². The molecule has 60 valence electrons. The summed E-state index contributed by atoms with van der Waals surface area (Å²) >= 11 is 0. The van der Waals surface area contributed by atoms with Gasteiger partial charge in [0.05, 0.1) is 6.54 Å². The zero-order valence-corrected chi connectivity index (χ0v) is 6.24. The van der Waals surface area contributed by atoms with Gasteiger partial charge in [-0.3, -0.25) is 9.59 Å². The molecule has 0 saturated heterocycles. The summed E-state index contributed by atoms with van der Waals surface area (Å²) in [4.78, 5) is 25.7. The van der Waals surface area contributed by atoms with Crippen LogP contribution in [0.2, 0.25) is 0 Å². The summed E-state index contributed by atoms with van der Waals surface area (Å²) in [6.45, 7) is 1.78. The molecule has 0 aromatic carbocycles. The summed E-state index contributed by atoms with van der Waals surface area (Å²) in [5, 5.41) is 1.35. The van der Waals surface area contributed by atoms with Crippen molar-refractivity contribution in [1.82, 2.24) is 5.06 Å². The van der Waals surface area contributed by atoms with E-state index in [1.54, 1.807) is 0 Å². The zero-order chi connectivity index (χ0) is 8.27. The Bertz CT molecular complexity index is 210. The lowest BCUT2D eigenvalue weighted by atomic mass is 10.2. The number of hydrogen-bond acceptors (Lipinski definition) is 4. The molecule has 0 N–H and O–H groups in total. The van der Waals surface area contributed by atoms with Gasteiger partial charge < -0.3 is 4.84 Å². The minimum absolute atomic E-state index is 0.0633. The lowest BCUT2D eigenvalue weighted by molar-refractivity contribution is -0.176. The van der Waals surface area contributed by atoms with Gasteiger partial charge >= 0.3 is 5.97 Å². The molecule has 0 radical (unpaired) electrons. The Hall–Kier alpha value is -1.32. The molecule has 0 aromatic rings. The predicted molar refractivity (Wildman–Crippen MR) is 37.2 cm³/mol. The molecule has 0 fully saturated rings. The van der Waals surface area contributed by atoms with Gasteiger partial charge in [0.25, 0.3) is 0 Å². The lowest BCUT2D eigenvalue weighted by Crippen LogP contribution is -2.26. The number of rotatable bonds is 1. The van der Waals surface area contributed by atoms with Crippen LogP contribution in [0.5, 0.6) is 0 Å². The first kappa shape index (κ1) is 7.78. The van der Waals surface area contributed by atoms with Gasteiger partial charge in [-0.15, -0.1) is 0 Å². The van der Waals surface area contributed by atoms with E-state index in [0.717, 1.165) is 0 Å². The maximum absolute atomic E-state index is 10.6. The lowest BCUT2D eigenvalue weighted by Gasteiger charge is -2.19. The molecule has 4 heteroatoms. The Balaban J connectivity index is 2.44. The highest BCUT2D eigenvalue weighted by Crippen LogP contribution is 2.02. The summed E-state index contributed by atoms with van der Waals surface area (Å²) < 4.78 is 0. The second kappa shape index (κ2) is 3.18. The zero-order valence-electron chi connectivity index (χ0n) is 6.24. The van der Waals surface area contributed by atoms with Gasteiger partial charge in [0.15, 0.2) is 5.78 Å². The van der Waals surface area contributed by atoms with Crippen molar-refractivity contribution in [3.8, 4) is 0 Å². The first-order valence-electron chi connectivity index (χ1n) is 3.34. The normalized spacial score (nSPS) is 16.8. The number of nitrogens with zero attached hydrogens (tertiary/aromatic N) is 1. The van der Waals surface area contributed by atoms with E-state index in [2.05, 4.69) is 0 Å². The Morgan fingerprint density at radius 3 is 2.91 bits per heavy atom. The fraction of sp³-hybridized carbons (Fsp3) is 0.429. The van der Waals surface area contributed by atoms with Crippen molar-refractivity contribution in [3.63, 3.8) is 0 Å². The summed E-state index contributed by atoms with van der Waals surface area (Å²) in [6, 6.07) is 0. The highest BCUT2D eigenvalue weighted by Gasteiger charge is 2.10. The topological polar surface area (TPSA) is 46.6 Å². The molecule has 0 aromatic heterocycles. The van der Waals surface area contributed by atoms with Crippen LogP contribution in [0.1, 0.15) is 13.3 Å². The Morgan fingerprint density at radius 2 is 2.45 bits per heavy atom. The van der Waals surface area contributed by atoms with Crippen LogP contribution < -0.4 is 0 Å². The van der Waals surface area contributed by atoms with Crippen molar-refractivity contribution >= 4 is 11.8 Å². The second-order valence-corrected chi connectivity index (χ2v) is 2.26. The number of carbonyl (C=O) groups is 2. The molecule has 0 atom stereocenters. The first-order valence-corrected chi connectivity index (χ1v) is 3.34. The first-order chi connectivity index (χ1) is 5.18. The van der Waals surface area contributed by atoms with Crippen molar-refractivity contribution < 1.29 is 14.4 Å². The minimum atomic E-state index is -0.371. The highest BCUT2D eigenvalue weighted by atomic mass is 16.7. The van der Waals surface area contributed by atoms with Gasteiger partial charge in [0.2, 0.25) is 0 Å². The minimum Gasteiger partial charge on any atom is -0.342 e. The summed E-state index contributed by atoms with van der Waals surface area (Å²) in [6.07, 6.45) is 3.27. The van der Waals surface area contributed by atoms with Crippen molar-refractivity contribution in [2.45, 2.75) is 13.3 Å². The van der Waals surface area contributed by atoms with E-state index in [9.17, 15) is 9.59 Å². The summed E-state index contributed by atoms with van der Waals surface area (Å²) in [5.74, 6) is -0.308. The molecule has 11 heavy (non-hydrogen) atoms. The third kappa shape index (κ3) is 2.41. The molecule has 0 unspecified atom stereocenters. The third-order valence-electron chi connectivity index (χ3n) is 1.25. The molecule has 1 rings (SSSR count). The fourth-order valence-electron chi connectivity index (χ4n) is 0.786. The quantitative estimate of drug-likeness (QED) is 0.544. The van der Waals surface area contributed by atoms with E-state index in [-0.39, 0.29) is 11.8 Å². The average Bonchev–Trinajstić information content (AvgIpc) is 1.93. The molecular weight excluding hydrogens is 146 g/mol. The maximum atomic E-state index is 10.6. The summed E-state index contributed by atoms with van der Waals surface area (Å²) in [7, 11) is 0. The molecule has 1 heterocycles. The van der Waals surface area contributed by atoms with Gasteiger partial charge in [0, 0.05) is 25.6 Å². The van der Waals surface area contributed by atoms with Gasteiger partial charge in [-0.1, -0.05) is 0 Å². The summed E-state index contributed by atoms with van der Waals surface area (Å²) in [5.41, 5.74) is 0. The van der Waals surface area contributed by atoms with Crippen molar-refractivity contribution in [2.24, 2.45) is 0 Å². The number of hydrogen-bond donors (Lipinski definition) is 0. The van der Waals surface area contributed by atoms with Crippen LogP contribution in [-0.2, 0) is 14.4 Å². The van der Waals surface area contributed by atoms with Crippen LogP contribution >= 0.6 is 0 Å². The van der Waals surface area contributed by atoms with Crippen LogP contribution in [0.3, 0.4) is 0 Å². The number of ketones is 1. The molecular formula is C7H9NO3. The predicted octanol–water partition coefficient (Wildman–Crippen LogP) is 0.253. The van der Waals surface area contributed by atoms with Gasteiger partial charge in [-0.2, -0.15) is 0 Å². The van der Waals surface area contributed by atoms with Crippen LogP contribution in [0.25, 0.3) is 0 Å². The number of hydroxylamine groups is 2. The van der Waals surface area contributed by atoms with Gasteiger partial charge in [-0.05, 0) is 0 Å². The fourth-order valence-corrected chi connectivity index (χ4v) is 0.786. The molecule has 0 saturated carbocycles.